The molecule has 1 aromatic rings. The van der Waals surface area contributed by atoms with Crippen LogP contribution >= 0.6 is 0 Å². The molecule has 0 aliphatic rings. The third kappa shape index (κ3) is 5.08. The van der Waals surface area contributed by atoms with Crippen LogP contribution in [0, 0.1) is 11.6 Å². The van der Waals surface area contributed by atoms with Gasteiger partial charge in [0.05, 0.1) is 6.61 Å². The summed E-state index contributed by atoms with van der Waals surface area (Å²) in [6.07, 6.45) is 0. The zero-order valence-electron chi connectivity index (χ0n) is 10.8. The average molecular weight is 258 g/mol. The van der Waals surface area contributed by atoms with E-state index in [1.54, 1.807) is 7.11 Å². The maximum absolute atomic E-state index is 13.3. The standard InChI is InChI=1S/C13H20F2N2O/c1-10(8-16-6-7-18-2)17-9-11-12(14)4-3-5-13(11)15/h3-5,10,16-17H,6-9H2,1-2H3. The third-order valence-electron chi connectivity index (χ3n) is 2.62. The largest absolute Gasteiger partial charge is 0.383 e. The number of halogens is 2. The first-order chi connectivity index (χ1) is 8.65. The molecule has 1 rings (SSSR count). The first kappa shape index (κ1) is 15.0. The highest BCUT2D eigenvalue weighted by Crippen LogP contribution is 2.11. The number of hydrogen-bond acceptors (Lipinski definition) is 3. The summed E-state index contributed by atoms with van der Waals surface area (Å²) in [7, 11) is 1.64. The number of hydrogen-bond donors (Lipinski definition) is 2. The van der Waals surface area contributed by atoms with Crippen LogP contribution in [0.25, 0.3) is 0 Å². The lowest BCUT2D eigenvalue weighted by atomic mass is 10.2. The minimum absolute atomic E-state index is 0.0845. The molecule has 5 heteroatoms. The Hall–Kier alpha value is -1.04. The predicted octanol–water partition coefficient (Wildman–Crippen LogP) is 1.68. The fourth-order valence-electron chi connectivity index (χ4n) is 1.54. The molecule has 2 N–H and O–H groups in total. The molecule has 0 aliphatic carbocycles. The van der Waals surface area contributed by atoms with Gasteiger partial charge in [0, 0.05) is 38.3 Å². The van der Waals surface area contributed by atoms with Gasteiger partial charge < -0.3 is 15.4 Å². The molecule has 0 saturated heterocycles. The Kier molecular flexibility index (Phi) is 6.78. The van der Waals surface area contributed by atoms with Gasteiger partial charge in [-0.3, -0.25) is 0 Å². The fraction of sp³-hybridized carbons (Fsp3) is 0.538. The summed E-state index contributed by atoms with van der Waals surface area (Å²) >= 11 is 0. The van der Waals surface area contributed by atoms with E-state index in [4.69, 9.17) is 4.74 Å². The normalized spacial score (nSPS) is 12.7. The highest BCUT2D eigenvalue weighted by Gasteiger charge is 2.09. The van der Waals surface area contributed by atoms with Crippen LogP contribution in [0.15, 0.2) is 18.2 Å². The average Bonchev–Trinajstić information content (AvgIpc) is 2.34. The van der Waals surface area contributed by atoms with Crippen molar-refractivity contribution in [3.8, 4) is 0 Å². The van der Waals surface area contributed by atoms with Crippen LogP contribution in [-0.4, -0.2) is 32.8 Å². The summed E-state index contributed by atoms with van der Waals surface area (Å²) in [6.45, 7) is 4.27. The summed E-state index contributed by atoms with van der Waals surface area (Å²) < 4.78 is 31.6. The number of rotatable bonds is 8. The van der Waals surface area contributed by atoms with Gasteiger partial charge in [-0.2, -0.15) is 0 Å². The van der Waals surface area contributed by atoms with Crippen LogP contribution in [0.2, 0.25) is 0 Å². The Bertz CT molecular complexity index is 341. The highest BCUT2D eigenvalue weighted by atomic mass is 19.1. The van der Waals surface area contributed by atoms with Crippen molar-refractivity contribution in [3.05, 3.63) is 35.4 Å². The van der Waals surface area contributed by atoms with Crippen molar-refractivity contribution in [2.45, 2.75) is 19.5 Å². The molecule has 0 aliphatic heterocycles. The van der Waals surface area contributed by atoms with Crippen molar-refractivity contribution < 1.29 is 13.5 Å². The van der Waals surface area contributed by atoms with Crippen molar-refractivity contribution in [3.63, 3.8) is 0 Å². The van der Waals surface area contributed by atoms with E-state index in [1.165, 1.54) is 18.2 Å². The molecule has 0 aromatic heterocycles. The molecule has 3 nitrogen and oxygen atoms in total. The molecule has 102 valence electrons. The summed E-state index contributed by atoms with van der Waals surface area (Å²) in [5.41, 5.74) is 0.0845. The molecule has 0 bridgehead atoms. The topological polar surface area (TPSA) is 33.3 Å². The second kappa shape index (κ2) is 8.13. The van der Waals surface area contributed by atoms with Gasteiger partial charge in [-0.1, -0.05) is 6.07 Å². The van der Waals surface area contributed by atoms with Gasteiger partial charge in [-0.05, 0) is 19.1 Å². The van der Waals surface area contributed by atoms with E-state index in [9.17, 15) is 8.78 Å². The summed E-state index contributed by atoms with van der Waals surface area (Å²) in [4.78, 5) is 0. The minimum Gasteiger partial charge on any atom is -0.383 e. The quantitative estimate of drug-likeness (QED) is 0.696. The first-order valence-electron chi connectivity index (χ1n) is 6.01. The number of ether oxygens (including phenoxy) is 1. The maximum Gasteiger partial charge on any atom is 0.130 e. The molecule has 0 radical (unpaired) electrons. The van der Waals surface area contributed by atoms with Gasteiger partial charge >= 0.3 is 0 Å². The zero-order chi connectivity index (χ0) is 13.4. The van der Waals surface area contributed by atoms with Gasteiger partial charge in [-0.25, -0.2) is 8.78 Å². The van der Waals surface area contributed by atoms with Crippen molar-refractivity contribution in [1.82, 2.24) is 10.6 Å². The maximum atomic E-state index is 13.3. The Balaban J connectivity index is 2.31. The number of benzene rings is 1. The Morgan fingerprint density at radius 1 is 1.28 bits per heavy atom. The molecule has 1 unspecified atom stereocenters. The SMILES string of the molecule is COCCNCC(C)NCc1c(F)cccc1F. The van der Waals surface area contributed by atoms with Gasteiger partial charge in [0.1, 0.15) is 11.6 Å². The summed E-state index contributed by atoms with van der Waals surface area (Å²) in [5, 5.41) is 6.25. The van der Waals surface area contributed by atoms with Gasteiger partial charge in [0.2, 0.25) is 0 Å². The van der Waals surface area contributed by atoms with E-state index in [1.807, 2.05) is 6.92 Å². The lowest BCUT2D eigenvalue weighted by molar-refractivity contribution is 0.198. The van der Waals surface area contributed by atoms with Crippen LogP contribution in [-0.2, 0) is 11.3 Å². The molecular formula is C13H20F2N2O. The monoisotopic (exact) mass is 258 g/mol. The number of nitrogens with one attached hydrogen (secondary N) is 2. The van der Waals surface area contributed by atoms with E-state index in [2.05, 4.69) is 10.6 Å². The van der Waals surface area contributed by atoms with Crippen molar-refractivity contribution in [1.29, 1.82) is 0 Å². The summed E-state index contributed by atoms with van der Waals surface area (Å²) in [5.74, 6) is -1.02. The van der Waals surface area contributed by atoms with Crippen molar-refractivity contribution in [2.75, 3.05) is 26.8 Å². The molecule has 0 heterocycles. The van der Waals surface area contributed by atoms with Crippen LogP contribution in [0.1, 0.15) is 12.5 Å². The van der Waals surface area contributed by atoms with Crippen molar-refractivity contribution >= 4 is 0 Å². The van der Waals surface area contributed by atoms with E-state index in [0.717, 1.165) is 13.1 Å². The van der Waals surface area contributed by atoms with Crippen LogP contribution in [0.4, 0.5) is 8.78 Å². The molecule has 0 amide bonds. The lowest BCUT2D eigenvalue weighted by Gasteiger charge is -2.15. The Morgan fingerprint density at radius 3 is 2.56 bits per heavy atom. The number of methoxy groups -OCH3 is 1. The second-order valence-corrected chi connectivity index (χ2v) is 4.18. The molecule has 0 saturated carbocycles. The molecule has 1 atom stereocenters. The van der Waals surface area contributed by atoms with Gasteiger partial charge in [0.25, 0.3) is 0 Å². The first-order valence-corrected chi connectivity index (χ1v) is 6.01. The van der Waals surface area contributed by atoms with Gasteiger partial charge in [0.15, 0.2) is 0 Å². The fourth-order valence-corrected chi connectivity index (χ4v) is 1.54. The predicted molar refractivity (Wildman–Crippen MR) is 67.4 cm³/mol. The molecule has 18 heavy (non-hydrogen) atoms. The van der Waals surface area contributed by atoms with Crippen LogP contribution in [0.5, 0.6) is 0 Å². The minimum atomic E-state index is -0.512. The molecule has 1 aromatic carbocycles. The van der Waals surface area contributed by atoms with E-state index < -0.39 is 11.6 Å². The molecule has 0 spiro atoms. The summed E-state index contributed by atoms with van der Waals surface area (Å²) in [6, 6.07) is 4.02. The highest BCUT2D eigenvalue weighted by molar-refractivity contribution is 5.19. The third-order valence-corrected chi connectivity index (χ3v) is 2.62. The van der Waals surface area contributed by atoms with E-state index in [0.29, 0.717) is 6.61 Å². The van der Waals surface area contributed by atoms with Crippen molar-refractivity contribution in [2.24, 2.45) is 0 Å². The van der Waals surface area contributed by atoms with E-state index >= 15 is 0 Å². The van der Waals surface area contributed by atoms with Crippen LogP contribution in [0.3, 0.4) is 0 Å². The second-order valence-electron chi connectivity index (χ2n) is 4.18. The molecule has 0 fully saturated rings. The Morgan fingerprint density at radius 2 is 1.94 bits per heavy atom. The zero-order valence-corrected chi connectivity index (χ0v) is 10.8. The smallest absolute Gasteiger partial charge is 0.130 e. The van der Waals surface area contributed by atoms with E-state index in [-0.39, 0.29) is 18.2 Å². The molecular weight excluding hydrogens is 238 g/mol. The Labute approximate surface area is 107 Å². The van der Waals surface area contributed by atoms with Crippen LogP contribution < -0.4 is 10.6 Å². The lowest BCUT2D eigenvalue weighted by Crippen LogP contribution is -2.37. The van der Waals surface area contributed by atoms with Gasteiger partial charge in [-0.15, -0.1) is 0 Å².